The molecule has 2 aromatic carbocycles. The van der Waals surface area contributed by atoms with Crippen molar-refractivity contribution in [1.82, 2.24) is 4.90 Å². The second-order valence-corrected chi connectivity index (χ2v) is 10.8. The van der Waals surface area contributed by atoms with Gasteiger partial charge in [0.05, 0.1) is 22.0 Å². The average Bonchev–Trinajstić information content (AvgIpc) is 3.35. The van der Waals surface area contributed by atoms with Crippen LogP contribution in [-0.4, -0.2) is 29.8 Å². The molecular formula is C27H28Cl2N2O2S. The zero-order valence-electron chi connectivity index (χ0n) is 19.5. The summed E-state index contributed by atoms with van der Waals surface area (Å²) in [7, 11) is 0. The van der Waals surface area contributed by atoms with Gasteiger partial charge in [-0.25, -0.2) is 0 Å². The van der Waals surface area contributed by atoms with E-state index < -0.39 is 5.92 Å². The normalized spacial score (nSPS) is 17.7. The quantitative estimate of drug-likeness (QED) is 0.328. The van der Waals surface area contributed by atoms with Gasteiger partial charge in [-0.05, 0) is 53.6 Å². The molecule has 1 aromatic heterocycles. The van der Waals surface area contributed by atoms with Crippen molar-refractivity contribution in [2.75, 3.05) is 18.0 Å². The van der Waals surface area contributed by atoms with E-state index >= 15 is 0 Å². The Kier molecular flexibility index (Phi) is 7.66. The van der Waals surface area contributed by atoms with Crippen LogP contribution in [0.2, 0.25) is 10.0 Å². The third kappa shape index (κ3) is 4.74. The minimum absolute atomic E-state index is 0.0247. The molecule has 0 N–H and O–H groups in total. The van der Waals surface area contributed by atoms with E-state index in [1.54, 1.807) is 28.4 Å². The molecule has 0 saturated carbocycles. The minimum Gasteiger partial charge on any atom is -0.329 e. The maximum Gasteiger partial charge on any atom is 0.254 e. The molecule has 0 aliphatic carbocycles. The first-order valence-corrected chi connectivity index (χ1v) is 13.2. The number of fused-ring (bicyclic) bond motifs is 1. The number of hydrogen-bond donors (Lipinski definition) is 0. The second-order valence-electron chi connectivity index (χ2n) is 8.96. The highest BCUT2D eigenvalue weighted by atomic mass is 35.5. The number of benzene rings is 2. The van der Waals surface area contributed by atoms with Crippen LogP contribution in [0.3, 0.4) is 0 Å². The van der Waals surface area contributed by atoms with Crippen LogP contribution < -0.4 is 4.90 Å². The summed E-state index contributed by atoms with van der Waals surface area (Å²) < 4.78 is 0. The zero-order valence-corrected chi connectivity index (χ0v) is 21.8. The predicted octanol–water partition coefficient (Wildman–Crippen LogP) is 7.43. The highest BCUT2D eigenvalue weighted by Crippen LogP contribution is 2.46. The molecule has 0 radical (unpaired) electrons. The SMILES string of the molecule is CCCN(C(=O)C1c2ccccc2C(=O)N(CC(C)C)C1c1cccs1)c1ccc(Cl)c(Cl)c1. The molecule has 1 aliphatic heterocycles. The molecule has 2 heterocycles. The van der Waals surface area contributed by atoms with E-state index in [0.29, 0.717) is 34.4 Å². The molecule has 2 atom stereocenters. The van der Waals surface area contributed by atoms with E-state index in [9.17, 15) is 9.59 Å². The molecule has 4 rings (SSSR count). The van der Waals surface area contributed by atoms with Crippen molar-refractivity contribution < 1.29 is 9.59 Å². The van der Waals surface area contributed by atoms with Crippen molar-refractivity contribution in [2.45, 2.75) is 39.2 Å². The lowest BCUT2D eigenvalue weighted by atomic mass is 9.80. The Morgan fingerprint density at radius 3 is 2.50 bits per heavy atom. The highest BCUT2D eigenvalue weighted by Gasteiger charge is 2.46. The summed E-state index contributed by atoms with van der Waals surface area (Å²) in [6.07, 6.45) is 0.776. The molecule has 7 heteroatoms. The van der Waals surface area contributed by atoms with Gasteiger partial charge in [-0.2, -0.15) is 0 Å². The minimum atomic E-state index is -0.535. The van der Waals surface area contributed by atoms with Gasteiger partial charge in [-0.1, -0.05) is 68.2 Å². The molecule has 0 fully saturated rings. The van der Waals surface area contributed by atoms with Gasteiger partial charge >= 0.3 is 0 Å². The summed E-state index contributed by atoms with van der Waals surface area (Å²) in [5.41, 5.74) is 2.08. The summed E-state index contributed by atoms with van der Waals surface area (Å²) in [5.74, 6) is -0.350. The number of carbonyl (C=O) groups is 2. The van der Waals surface area contributed by atoms with Gasteiger partial charge in [0.25, 0.3) is 5.91 Å². The van der Waals surface area contributed by atoms with Gasteiger partial charge in [0.1, 0.15) is 0 Å². The van der Waals surface area contributed by atoms with Crippen LogP contribution in [0.5, 0.6) is 0 Å². The van der Waals surface area contributed by atoms with E-state index in [4.69, 9.17) is 23.2 Å². The van der Waals surface area contributed by atoms with Crippen molar-refractivity contribution in [2.24, 2.45) is 5.92 Å². The van der Waals surface area contributed by atoms with Crippen LogP contribution in [0.25, 0.3) is 0 Å². The topological polar surface area (TPSA) is 40.6 Å². The predicted molar refractivity (Wildman–Crippen MR) is 141 cm³/mol. The first kappa shape index (κ1) is 24.8. The van der Waals surface area contributed by atoms with Crippen LogP contribution in [-0.2, 0) is 4.79 Å². The Bertz CT molecular complexity index is 1180. The molecule has 0 bridgehead atoms. The van der Waals surface area contributed by atoms with Gasteiger partial charge in [0.15, 0.2) is 0 Å². The molecule has 0 spiro atoms. The lowest BCUT2D eigenvalue weighted by Gasteiger charge is -2.43. The fourth-order valence-electron chi connectivity index (χ4n) is 4.64. The third-order valence-corrected chi connectivity index (χ3v) is 7.71. The van der Waals surface area contributed by atoms with Gasteiger partial charge in [-0.15, -0.1) is 11.3 Å². The summed E-state index contributed by atoms with van der Waals surface area (Å²) in [5, 5.41) is 2.85. The molecule has 1 aliphatic rings. The Labute approximate surface area is 215 Å². The summed E-state index contributed by atoms with van der Waals surface area (Å²) >= 11 is 14.1. The lowest BCUT2D eigenvalue weighted by Crippen LogP contribution is -2.49. The van der Waals surface area contributed by atoms with Gasteiger partial charge < -0.3 is 9.80 Å². The largest absolute Gasteiger partial charge is 0.329 e. The lowest BCUT2D eigenvalue weighted by molar-refractivity contribution is -0.121. The maximum atomic E-state index is 14.4. The molecule has 178 valence electrons. The van der Waals surface area contributed by atoms with Crippen LogP contribution in [0.15, 0.2) is 60.0 Å². The maximum absolute atomic E-state index is 14.4. The summed E-state index contributed by atoms with van der Waals surface area (Å²) in [6.45, 7) is 7.33. The Morgan fingerprint density at radius 1 is 1.09 bits per heavy atom. The average molecular weight is 516 g/mol. The third-order valence-electron chi connectivity index (χ3n) is 6.03. The van der Waals surface area contributed by atoms with Gasteiger partial charge in [-0.3, -0.25) is 9.59 Å². The van der Waals surface area contributed by atoms with Crippen LogP contribution >= 0.6 is 34.5 Å². The molecule has 4 nitrogen and oxygen atoms in total. The standard InChI is InChI=1S/C27H28Cl2N2O2S/c1-4-13-30(18-11-12-21(28)22(29)15-18)27(33)24-19-8-5-6-9-20(19)26(32)31(16-17(2)3)25(24)23-10-7-14-34-23/h5-12,14-15,17,24-25H,4,13,16H2,1-3H3. The van der Waals surface area contributed by atoms with Crippen LogP contribution in [0, 0.1) is 5.92 Å². The molecular weight excluding hydrogens is 487 g/mol. The fourth-order valence-corrected chi connectivity index (χ4v) is 5.81. The number of rotatable bonds is 7. The Balaban J connectivity index is 1.89. The molecule has 0 saturated heterocycles. The Morgan fingerprint density at radius 2 is 1.85 bits per heavy atom. The highest BCUT2D eigenvalue weighted by molar-refractivity contribution is 7.10. The van der Waals surface area contributed by atoms with Crippen molar-refractivity contribution in [3.8, 4) is 0 Å². The first-order chi connectivity index (χ1) is 16.3. The van der Waals surface area contributed by atoms with E-state index in [-0.39, 0.29) is 23.8 Å². The number of nitrogens with zero attached hydrogens (tertiary/aromatic N) is 2. The smallest absolute Gasteiger partial charge is 0.254 e. The number of carbonyl (C=O) groups excluding carboxylic acids is 2. The number of hydrogen-bond acceptors (Lipinski definition) is 3. The second kappa shape index (κ2) is 10.5. The molecule has 2 amide bonds. The van der Waals surface area contributed by atoms with Gasteiger partial charge in [0, 0.05) is 29.2 Å². The van der Waals surface area contributed by atoms with Crippen molar-refractivity contribution in [3.05, 3.63) is 86.0 Å². The van der Waals surface area contributed by atoms with E-state index in [2.05, 4.69) is 13.8 Å². The first-order valence-electron chi connectivity index (χ1n) is 11.5. The monoisotopic (exact) mass is 514 g/mol. The number of thiophene rings is 1. The fraction of sp³-hybridized carbons (Fsp3) is 0.333. The van der Waals surface area contributed by atoms with Crippen molar-refractivity contribution in [1.29, 1.82) is 0 Å². The molecule has 3 aromatic rings. The van der Waals surface area contributed by atoms with Gasteiger partial charge in [0.2, 0.25) is 5.91 Å². The summed E-state index contributed by atoms with van der Waals surface area (Å²) in [6, 6.07) is 16.4. The van der Waals surface area contributed by atoms with Crippen LogP contribution in [0.1, 0.15) is 60.0 Å². The van der Waals surface area contributed by atoms with E-state index in [1.807, 2.05) is 59.7 Å². The molecule has 2 unspecified atom stereocenters. The number of amides is 2. The van der Waals surface area contributed by atoms with Crippen molar-refractivity contribution in [3.63, 3.8) is 0 Å². The van der Waals surface area contributed by atoms with Crippen LogP contribution in [0.4, 0.5) is 5.69 Å². The molecule has 34 heavy (non-hydrogen) atoms. The van der Waals surface area contributed by atoms with Crippen molar-refractivity contribution >= 4 is 52.0 Å². The van der Waals surface area contributed by atoms with E-state index in [0.717, 1.165) is 16.9 Å². The number of anilines is 1. The Hall–Kier alpha value is -2.34. The summed E-state index contributed by atoms with van der Waals surface area (Å²) in [4.78, 5) is 32.7. The number of halogens is 2. The zero-order chi connectivity index (χ0) is 24.4. The van der Waals surface area contributed by atoms with E-state index in [1.165, 1.54) is 0 Å².